The normalized spacial score (nSPS) is 10.7. The summed E-state index contributed by atoms with van der Waals surface area (Å²) in [7, 11) is 0. The predicted octanol–water partition coefficient (Wildman–Crippen LogP) is -0.823. The fourth-order valence-corrected chi connectivity index (χ4v) is 0.853. The quantitative estimate of drug-likeness (QED) is 0.540. The Balaban J connectivity index is 0.00000121. The van der Waals surface area contributed by atoms with Crippen LogP contribution in [0.2, 0.25) is 5.02 Å². The second-order valence-electron chi connectivity index (χ2n) is 1.90. The summed E-state index contributed by atoms with van der Waals surface area (Å²) in [5.74, 6) is 0. The summed E-state index contributed by atoms with van der Waals surface area (Å²) >= 11 is 5.27. The van der Waals surface area contributed by atoms with Gasteiger partial charge in [-0.05, 0) is 0 Å². The molecule has 0 amide bonds. The highest BCUT2D eigenvalue weighted by Crippen LogP contribution is 2.32. The van der Waals surface area contributed by atoms with Gasteiger partial charge < -0.3 is 12.4 Å². The average Bonchev–Trinajstić information content (AvgIpc) is 1.86. The number of hydrogen-bond acceptors (Lipinski definition) is 0. The zero-order valence-electron chi connectivity index (χ0n) is 5.62. The van der Waals surface area contributed by atoms with Crippen molar-refractivity contribution >= 4 is 11.6 Å². The zero-order valence-corrected chi connectivity index (χ0v) is 7.13. The summed E-state index contributed by atoms with van der Waals surface area (Å²) in [5, 5.41) is -0.295. The van der Waals surface area contributed by atoms with Crippen molar-refractivity contribution in [3.8, 4) is 0 Å². The molecule has 1 heterocycles. The summed E-state index contributed by atoms with van der Waals surface area (Å²) in [5.41, 5.74) is -0.846. The van der Waals surface area contributed by atoms with Crippen molar-refractivity contribution in [2.75, 3.05) is 0 Å². The molecule has 0 saturated carbocycles. The van der Waals surface area contributed by atoms with Crippen molar-refractivity contribution in [2.45, 2.75) is 6.18 Å². The lowest BCUT2D eigenvalue weighted by Crippen LogP contribution is -3.00. The van der Waals surface area contributed by atoms with Crippen molar-refractivity contribution in [1.82, 2.24) is 0 Å². The third kappa shape index (κ3) is 2.53. The fraction of sp³-hybridized carbons (Fsp3) is 0.167. The van der Waals surface area contributed by atoms with E-state index in [1.54, 1.807) is 0 Å². The highest BCUT2D eigenvalue weighted by Gasteiger charge is 2.35. The van der Waals surface area contributed by atoms with Gasteiger partial charge in [-0.1, -0.05) is 11.6 Å². The third-order valence-corrected chi connectivity index (χ3v) is 1.45. The van der Waals surface area contributed by atoms with Gasteiger partial charge in [0.2, 0.25) is 0 Å². The standard InChI is InChI=1S/C6H3ClF3N.ClH/c7-5-1-2-11-3-4(5)6(8,9)10;/h1-3H;1H. The van der Waals surface area contributed by atoms with Crippen LogP contribution in [0.5, 0.6) is 0 Å². The van der Waals surface area contributed by atoms with E-state index in [0.717, 1.165) is 12.3 Å². The minimum absolute atomic E-state index is 0. The van der Waals surface area contributed by atoms with E-state index in [1.165, 1.54) is 6.20 Å². The second kappa shape index (κ2) is 3.96. The van der Waals surface area contributed by atoms with E-state index in [9.17, 15) is 13.2 Å². The molecule has 0 aliphatic heterocycles. The molecule has 68 valence electrons. The van der Waals surface area contributed by atoms with E-state index in [-0.39, 0.29) is 17.4 Å². The van der Waals surface area contributed by atoms with Crippen molar-refractivity contribution in [2.24, 2.45) is 0 Å². The molecule has 0 saturated heterocycles. The molecule has 1 aromatic rings. The summed E-state index contributed by atoms with van der Waals surface area (Å²) in [6.45, 7) is 0. The van der Waals surface area contributed by atoms with Crippen molar-refractivity contribution in [3.63, 3.8) is 0 Å². The van der Waals surface area contributed by atoms with Crippen LogP contribution in [0.1, 0.15) is 5.56 Å². The Kier molecular flexibility index (Phi) is 3.80. The Hall–Kier alpha value is -0.480. The van der Waals surface area contributed by atoms with Gasteiger partial charge in [0, 0.05) is 6.07 Å². The lowest BCUT2D eigenvalue weighted by Gasteiger charge is -2.03. The van der Waals surface area contributed by atoms with E-state index in [1.807, 2.05) is 0 Å². The first-order chi connectivity index (χ1) is 5.02. The maximum absolute atomic E-state index is 11.9. The molecule has 12 heavy (non-hydrogen) atoms. The molecule has 0 aliphatic rings. The first-order valence-electron chi connectivity index (χ1n) is 2.74. The van der Waals surface area contributed by atoms with Crippen LogP contribution in [0.4, 0.5) is 13.2 Å². The minimum Gasteiger partial charge on any atom is -1.00 e. The highest BCUT2D eigenvalue weighted by molar-refractivity contribution is 6.31. The zero-order chi connectivity index (χ0) is 8.48. The van der Waals surface area contributed by atoms with E-state index in [0.29, 0.717) is 0 Å². The number of rotatable bonds is 0. The molecular formula is C6H4Cl2F3N. The number of halogens is 5. The summed E-state index contributed by atoms with van der Waals surface area (Å²) in [6.07, 6.45) is -2.23. The van der Waals surface area contributed by atoms with Gasteiger partial charge in [0.1, 0.15) is 5.56 Å². The molecular weight excluding hydrogens is 214 g/mol. The number of aromatic amines is 1. The fourth-order valence-electron chi connectivity index (χ4n) is 0.629. The molecule has 1 nitrogen and oxygen atoms in total. The van der Waals surface area contributed by atoms with Gasteiger partial charge >= 0.3 is 6.18 Å². The van der Waals surface area contributed by atoms with Gasteiger partial charge in [0.05, 0.1) is 5.02 Å². The SMILES string of the molecule is FC(F)(F)c1c[nH+]ccc1Cl.[Cl-]. The Morgan fingerprint density at radius 1 is 1.33 bits per heavy atom. The maximum atomic E-state index is 11.9. The molecule has 0 spiro atoms. The summed E-state index contributed by atoms with van der Waals surface area (Å²) < 4.78 is 35.8. The van der Waals surface area contributed by atoms with E-state index in [4.69, 9.17) is 11.6 Å². The van der Waals surface area contributed by atoms with Crippen LogP contribution in [-0.4, -0.2) is 0 Å². The van der Waals surface area contributed by atoms with Crippen LogP contribution in [0.15, 0.2) is 18.5 Å². The molecule has 1 N–H and O–H groups in total. The van der Waals surface area contributed by atoms with Gasteiger partial charge in [-0.15, -0.1) is 0 Å². The number of aromatic nitrogens is 1. The number of pyridine rings is 1. The van der Waals surface area contributed by atoms with E-state index >= 15 is 0 Å². The number of nitrogens with one attached hydrogen (secondary N) is 1. The van der Waals surface area contributed by atoms with Crippen molar-refractivity contribution < 1.29 is 30.6 Å². The molecule has 6 heteroatoms. The van der Waals surface area contributed by atoms with Crippen LogP contribution in [-0.2, 0) is 6.18 Å². The first-order valence-corrected chi connectivity index (χ1v) is 3.12. The van der Waals surface area contributed by atoms with Crippen LogP contribution < -0.4 is 17.4 Å². The molecule has 1 rings (SSSR count). The molecule has 0 aliphatic carbocycles. The van der Waals surface area contributed by atoms with Gasteiger partial charge in [-0.3, -0.25) is 0 Å². The topological polar surface area (TPSA) is 14.1 Å². The summed E-state index contributed by atoms with van der Waals surface area (Å²) in [6, 6.07) is 1.16. The first kappa shape index (κ1) is 11.5. The van der Waals surface area contributed by atoms with Gasteiger partial charge in [-0.2, -0.15) is 13.2 Å². The smallest absolute Gasteiger partial charge is 0.423 e. The van der Waals surface area contributed by atoms with Gasteiger partial charge in [0.25, 0.3) is 0 Å². The van der Waals surface area contributed by atoms with Crippen LogP contribution in [0.25, 0.3) is 0 Å². The second-order valence-corrected chi connectivity index (χ2v) is 2.31. The monoisotopic (exact) mass is 217 g/mol. The predicted molar refractivity (Wildman–Crippen MR) is 33.0 cm³/mol. The Labute approximate surface area is 78.0 Å². The van der Waals surface area contributed by atoms with Crippen LogP contribution in [0, 0.1) is 0 Å². The van der Waals surface area contributed by atoms with Crippen molar-refractivity contribution in [3.05, 3.63) is 29.0 Å². The van der Waals surface area contributed by atoms with Crippen LogP contribution in [0.3, 0.4) is 0 Å². The Bertz CT molecular complexity index is 261. The van der Waals surface area contributed by atoms with Crippen molar-refractivity contribution in [1.29, 1.82) is 0 Å². The number of hydrogen-bond donors (Lipinski definition) is 0. The summed E-state index contributed by atoms with van der Waals surface area (Å²) in [4.78, 5) is 2.30. The number of alkyl halides is 3. The number of H-pyrrole nitrogens is 1. The molecule has 0 bridgehead atoms. The Morgan fingerprint density at radius 2 is 1.92 bits per heavy atom. The third-order valence-electron chi connectivity index (χ3n) is 1.12. The van der Waals surface area contributed by atoms with Gasteiger partial charge in [0.15, 0.2) is 12.4 Å². The molecule has 0 fully saturated rings. The van der Waals surface area contributed by atoms with Crippen LogP contribution >= 0.6 is 11.6 Å². The molecule has 1 aromatic heterocycles. The molecule has 0 radical (unpaired) electrons. The Morgan fingerprint density at radius 3 is 2.25 bits per heavy atom. The largest absolute Gasteiger partial charge is 1.00 e. The average molecular weight is 218 g/mol. The lowest BCUT2D eigenvalue weighted by molar-refractivity contribution is -0.381. The van der Waals surface area contributed by atoms with E-state index < -0.39 is 11.7 Å². The minimum atomic E-state index is -4.38. The van der Waals surface area contributed by atoms with E-state index in [2.05, 4.69) is 4.98 Å². The van der Waals surface area contributed by atoms with Gasteiger partial charge in [-0.25, -0.2) is 4.98 Å². The molecule has 0 aromatic carbocycles. The molecule has 0 atom stereocenters. The molecule has 0 unspecified atom stereocenters. The maximum Gasteiger partial charge on any atom is 0.423 e. The highest BCUT2D eigenvalue weighted by atomic mass is 35.5. The lowest BCUT2D eigenvalue weighted by atomic mass is 10.3.